The van der Waals surface area contributed by atoms with Crippen molar-refractivity contribution in [1.82, 2.24) is 0 Å². The van der Waals surface area contributed by atoms with Crippen molar-refractivity contribution in [2.75, 3.05) is 0 Å². The molecule has 0 aliphatic heterocycles. The monoisotopic (exact) mass is 694 g/mol. The largest absolute Gasteiger partial charge is 0.300 e. The molecule has 0 aromatic heterocycles. The van der Waals surface area contributed by atoms with E-state index < -0.39 is 44.0 Å². The lowest BCUT2D eigenvalue weighted by atomic mass is 9.85. The van der Waals surface area contributed by atoms with Crippen LogP contribution in [0.4, 0.5) is 0 Å². The Labute approximate surface area is 264 Å². The number of rotatable bonds is 18. The molecule has 226 valence electrons. The lowest BCUT2D eigenvalue weighted by Crippen LogP contribution is -2.24. The highest BCUT2D eigenvalue weighted by molar-refractivity contribution is 6.67. The van der Waals surface area contributed by atoms with Gasteiger partial charge in [0.05, 0.1) is 0 Å². The second-order valence-corrected chi connectivity index (χ2v) is 10.7. The summed E-state index contributed by atoms with van der Waals surface area (Å²) >= 11 is 36.7. The number of carbonyl (C=O) groups is 8. The maximum absolute atomic E-state index is 11.5. The first-order valence-corrected chi connectivity index (χ1v) is 13.9. The van der Waals surface area contributed by atoms with Gasteiger partial charge in [-0.15, -0.1) is 0 Å². The summed E-state index contributed by atoms with van der Waals surface area (Å²) in [5.41, 5.74) is 0. The van der Waals surface area contributed by atoms with Crippen LogP contribution in [0.25, 0.3) is 0 Å². The van der Waals surface area contributed by atoms with Crippen LogP contribution in [0.5, 0.6) is 0 Å². The van der Waals surface area contributed by atoms with E-state index in [1.807, 2.05) is 6.92 Å². The van der Waals surface area contributed by atoms with E-state index >= 15 is 0 Å². The topological polar surface area (TPSA) is 137 Å². The Hall–Kier alpha value is -0.610. The van der Waals surface area contributed by atoms with E-state index in [9.17, 15) is 38.4 Å². The fourth-order valence-electron chi connectivity index (χ4n) is 2.70. The molecule has 0 amide bonds. The highest BCUT2D eigenvalue weighted by Gasteiger charge is 2.31. The summed E-state index contributed by atoms with van der Waals surface area (Å²) in [6.45, 7) is 3.42. The minimum atomic E-state index is -1.00. The Bertz CT molecular complexity index is 819. The number of halogens is 7. The lowest BCUT2D eigenvalue weighted by molar-refractivity contribution is -0.122. The summed E-state index contributed by atoms with van der Waals surface area (Å²) in [5.74, 6) is -2.69. The van der Waals surface area contributed by atoms with Crippen LogP contribution >= 0.6 is 81.2 Å². The molecular weight excluding hydrogens is 664 g/mol. The predicted molar refractivity (Wildman–Crippen MR) is 156 cm³/mol. The van der Waals surface area contributed by atoms with Gasteiger partial charge in [0.15, 0.2) is 0 Å². The molecule has 0 fully saturated rings. The van der Waals surface area contributed by atoms with E-state index in [1.54, 1.807) is 0 Å². The van der Waals surface area contributed by atoms with Crippen molar-refractivity contribution >= 4 is 124 Å². The van der Waals surface area contributed by atoms with Gasteiger partial charge >= 0.3 is 0 Å². The first-order valence-electron chi connectivity index (χ1n) is 11.2. The lowest BCUT2D eigenvalue weighted by Gasteiger charge is -2.20. The molecule has 0 spiro atoms. The average Bonchev–Trinajstić information content (AvgIpc) is 2.74. The van der Waals surface area contributed by atoms with E-state index in [0.717, 1.165) is 6.42 Å². The molecule has 0 bridgehead atoms. The molecule has 0 heterocycles. The van der Waals surface area contributed by atoms with Crippen molar-refractivity contribution in [3.8, 4) is 0 Å². The molecule has 15 heteroatoms. The molecule has 3 unspecified atom stereocenters. The van der Waals surface area contributed by atoms with Gasteiger partial charge in [-0.25, -0.2) is 0 Å². The van der Waals surface area contributed by atoms with Crippen LogP contribution in [-0.2, 0) is 38.4 Å². The number of hydrogen-bond donors (Lipinski definition) is 0. The van der Waals surface area contributed by atoms with E-state index in [0.29, 0.717) is 25.7 Å². The van der Waals surface area contributed by atoms with Gasteiger partial charge in [-0.3, -0.25) is 33.6 Å². The van der Waals surface area contributed by atoms with Crippen LogP contribution in [0.3, 0.4) is 0 Å². The van der Waals surface area contributed by atoms with Crippen molar-refractivity contribution in [1.29, 1.82) is 0 Å². The maximum atomic E-state index is 11.5. The van der Waals surface area contributed by atoms with Crippen molar-refractivity contribution in [2.24, 2.45) is 17.8 Å². The minimum absolute atomic E-state index is 0. The average molecular weight is 698 g/mol. The summed E-state index contributed by atoms with van der Waals surface area (Å²) in [6, 6.07) is 0. The molecule has 0 aliphatic carbocycles. The molecule has 0 radical (unpaired) electrons. The van der Waals surface area contributed by atoms with Crippen LogP contribution in [0.2, 0.25) is 0 Å². The molecule has 0 rings (SSSR count). The fourth-order valence-corrected chi connectivity index (χ4v) is 3.86. The highest BCUT2D eigenvalue weighted by Crippen LogP contribution is 2.29. The fraction of sp³-hybridized carbons (Fsp3) is 0.667. The summed E-state index contributed by atoms with van der Waals surface area (Å²) in [4.78, 5) is 86.1. The van der Waals surface area contributed by atoms with E-state index in [-0.39, 0.29) is 55.8 Å². The quantitative estimate of drug-likeness (QED) is 0.136. The van der Waals surface area contributed by atoms with Gasteiger partial charge in [-0.2, -0.15) is 0 Å². The van der Waals surface area contributed by atoms with Gasteiger partial charge in [-0.05, 0) is 120 Å². The van der Waals surface area contributed by atoms with Gasteiger partial charge in [0, 0.05) is 49.9 Å². The molecule has 39 heavy (non-hydrogen) atoms. The molecule has 0 aromatic carbocycles. The molecule has 0 aromatic rings. The van der Waals surface area contributed by atoms with Crippen molar-refractivity contribution in [3.63, 3.8) is 0 Å². The standard InChI is InChI=1S/C13H13Cl5O5.C6H9ClO2.C4H7ClO.CH4/c14-9(19)2-1-6(11(16)21)3-7(12(17)22)4-8(13(18)23)5-10(15)20;1-5(8)3-2-4-6(7)9;1-2-3-4(5)6;/h6-8H,1-5H2;2-4H2,1H3;2-3H2,1H3;1H4. The first-order chi connectivity index (χ1) is 17.4. The Balaban J connectivity index is -0.000000314. The maximum Gasteiger partial charge on any atom is 0.225 e. The normalized spacial score (nSPS) is 12.0. The Morgan fingerprint density at radius 2 is 0.949 bits per heavy atom. The zero-order valence-electron chi connectivity index (χ0n) is 20.7. The van der Waals surface area contributed by atoms with Crippen LogP contribution in [0.15, 0.2) is 0 Å². The van der Waals surface area contributed by atoms with Crippen LogP contribution in [0.1, 0.15) is 85.5 Å². The Morgan fingerprint density at radius 3 is 1.23 bits per heavy atom. The second kappa shape index (κ2) is 27.6. The van der Waals surface area contributed by atoms with Crippen LogP contribution in [0, 0.1) is 17.8 Å². The first kappa shape index (κ1) is 45.4. The van der Waals surface area contributed by atoms with Gasteiger partial charge in [0.1, 0.15) is 5.78 Å². The number of Topliss-reactive ketones (excluding diaryl/α,β-unsaturated/α-hetero) is 1. The summed E-state index contributed by atoms with van der Waals surface area (Å²) in [6.07, 6.45) is 2.03. The third-order valence-corrected chi connectivity index (χ3v) is 6.19. The molecule has 0 aliphatic rings. The van der Waals surface area contributed by atoms with Crippen molar-refractivity contribution in [2.45, 2.75) is 85.5 Å². The summed E-state index contributed by atoms with van der Waals surface area (Å²) < 4.78 is 0. The van der Waals surface area contributed by atoms with Gasteiger partial charge in [0.2, 0.25) is 36.7 Å². The predicted octanol–water partition coefficient (Wildman–Crippen LogP) is 7.31. The van der Waals surface area contributed by atoms with Crippen molar-refractivity contribution < 1.29 is 38.4 Å². The molecule has 0 saturated heterocycles. The van der Waals surface area contributed by atoms with E-state index in [4.69, 9.17) is 81.2 Å². The SMILES string of the molecule is C.CC(=O)CCCC(=O)Cl.CCCC(=O)Cl.O=C(Cl)CCC(CC(CC(CC(=O)Cl)C(=O)Cl)C(=O)Cl)C(=O)Cl. The van der Waals surface area contributed by atoms with E-state index in [2.05, 4.69) is 0 Å². The Morgan fingerprint density at radius 1 is 0.538 bits per heavy atom. The van der Waals surface area contributed by atoms with Crippen molar-refractivity contribution in [3.05, 3.63) is 0 Å². The van der Waals surface area contributed by atoms with Gasteiger partial charge in [0.25, 0.3) is 0 Å². The zero-order valence-corrected chi connectivity index (χ0v) is 26.0. The van der Waals surface area contributed by atoms with E-state index in [1.165, 1.54) is 6.92 Å². The molecule has 0 N–H and O–H groups in total. The molecule has 0 saturated carbocycles. The number of ketones is 1. The molecule has 8 nitrogen and oxygen atoms in total. The van der Waals surface area contributed by atoms with Gasteiger partial charge in [-0.1, -0.05) is 14.4 Å². The number of hydrogen-bond acceptors (Lipinski definition) is 8. The smallest absolute Gasteiger partial charge is 0.225 e. The zero-order chi connectivity index (χ0) is 30.4. The van der Waals surface area contributed by atoms with Crippen LogP contribution < -0.4 is 0 Å². The second-order valence-electron chi connectivity index (χ2n) is 7.94. The third kappa shape index (κ3) is 33.5. The molecular formula is C24H33Cl7O8. The Kier molecular flexibility index (Phi) is 32.1. The number of carbonyl (C=O) groups excluding carboxylic acids is 8. The summed E-state index contributed by atoms with van der Waals surface area (Å²) in [5, 5.41) is -4.45. The minimum Gasteiger partial charge on any atom is -0.300 e. The third-order valence-electron chi connectivity index (χ3n) is 4.55. The molecule has 3 atom stereocenters. The highest BCUT2D eigenvalue weighted by atomic mass is 35.5. The van der Waals surface area contributed by atoms with Crippen LogP contribution in [-0.4, -0.2) is 42.5 Å². The summed E-state index contributed by atoms with van der Waals surface area (Å²) in [7, 11) is 0. The van der Waals surface area contributed by atoms with Gasteiger partial charge < -0.3 is 4.79 Å².